The Hall–Kier alpha value is -5.26. The summed E-state index contributed by atoms with van der Waals surface area (Å²) in [5.41, 5.74) is 6.30. The Morgan fingerprint density at radius 2 is 1.74 bits per heavy atom. The third-order valence-electron chi connectivity index (χ3n) is 7.36. The van der Waals surface area contributed by atoms with Crippen molar-refractivity contribution in [2.24, 2.45) is 5.73 Å². The van der Waals surface area contributed by atoms with E-state index in [0.29, 0.717) is 53.2 Å². The molecule has 1 aliphatic heterocycles. The lowest BCUT2D eigenvalue weighted by Crippen LogP contribution is -2.26. The molecule has 1 aliphatic rings. The van der Waals surface area contributed by atoms with E-state index in [1.54, 1.807) is 28.9 Å². The van der Waals surface area contributed by atoms with Crippen LogP contribution < -0.4 is 25.5 Å². The lowest BCUT2D eigenvalue weighted by molar-refractivity contribution is 0.0997. The summed E-state index contributed by atoms with van der Waals surface area (Å²) in [4.78, 5) is 34.4. The number of aromatic nitrogens is 4. The van der Waals surface area contributed by atoms with Gasteiger partial charge in [-0.15, -0.1) is 0 Å². The molecule has 12 heteroatoms. The molecule has 0 saturated heterocycles. The second-order valence-electron chi connectivity index (χ2n) is 9.72. The molecule has 5 aromatic rings. The van der Waals surface area contributed by atoms with E-state index in [9.17, 15) is 14.0 Å². The number of carbonyl (C=O) groups is 1. The van der Waals surface area contributed by atoms with Gasteiger partial charge in [0, 0.05) is 24.6 Å². The molecule has 0 bridgehead atoms. The van der Waals surface area contributed by atoms with Gasteiger partial charge in [0.2, 0.25) is 5.88 Å². The lowest BCUT2D eigenvalue weighted by atomic mass is 9.86. The van der Waals surface area contributed by atoms with Gasteiger partial charge in [0.25, 0.3) is 11.5 Å². The highest BCUT2D eigenvalue weighted by atomic mass is 19.1. The van der Waals surface area contributed by atoms with Crippen molar-refractivity contribution < 1.29 is 27.8 Å². The fourth-order valence-corrected chi connectivity index (χ4v) is 5.50. The number of primary amides is 1. The van der Waals surface area contributed by atoms with E-state index in [2.05, 4.69) is 9.97 Å². The van der Waals surface area contributed by atoms with Crippen LogP contribution in [0.1, 0.15) is 40.4 Å². The summed E-state index contributed by atoms with van der Waals surface area (Å²) < 4.78 is 48.9. The molecule has 0 spiro atoms. The minimum absolute atomic E-state index is 0.179. The number of carbonyl (C=O) groups excluding carboxylic acids is 1. The molecule has 0 saturated carbocycles. The molecule has 42 heavy (non-hydrogen) atoms. The summed E-state index contributed by atoms with van der Waals surface area (Å²) in [7, 11) is 3.02. The van der Waals surface area contributed by atoms with Crippen molar-refractivity contribution in [2.45, 2.75) is 25.3 Å². The average Bonchev–Trinajstić information content (AvgIpc) is 3.29. The predicted molar refractivity (Wildman–Crippen MR) is 149 cm³/mol. The Morgan fingerprint density at radius 1 is 1.00 bits per heavy atom. The van der Waals surface area contributed by atoms with Crippen molar-refractivity contribution in [1.29, 1.82) is 0 Å². The number of halogens is 2. The van der Waals surface area contributed by atoms with E-state index in [1.165, 1.54) is 55.6 Å². The molecule has 2 aromatic heterocycles. The highest BCUT2D eigenvalue weighted by Crippen LogP contribution is 2.39. The van der Waals surface area contributed by atoms with E-state index < -0.39 is 29.0 Å². The molecule has 10 nitrogen and oxygen atoms in total. The molecule has 6 rings (SSSR count). The molecule has 1 atom stereocenters. The molecule has 0 fully saturated rings. The topological polar surface area (TPSA) is 123 Å². The van der Waals surface area contributed by atoms with E-state index in [4.69, 9.17) is 19.9 Å². The monoisotopic (exact) mass is 573 g/mol. The average molecular weight is 574 g/mol. The quantitative estimate of drug-likeness (QED) is 0.300. The van der Waals surface area contributed by atoms with Gasteiger partial charge in [-0.25, -0.2) is 23.4 Å². The molecule has 1 amide bonds. The zero-order valence-corrected chi connectivity index (χ0v) is 22.6. The van der Waals surface area contributed by atoms with E-state index in [0.717, 1.165) is 0 Å². The van der Waals surface area contributed by atoms with E-state index >= 15 is 4.39 Å². The second-order valence-corrected chi connectivity index (χ2v) is 9.72. The summed E-state index contributed by atoms with van der Waals surface area (Å²) in [6, 6.07) is 13.0. The first kappa shape index (κ1) is 26.9. The number of methoxy groups -OCH3 is 2. The van der Waals surface area contributed by atoms with Gasteiger partial charge in [-0.05, 0) is 54.8 Å². The summed E-state index contributed by atoms with van der Waals surface area (Å²) >= 11 is 0. The van der Waals surface area contributed by atoms with Gasteiger partial charge < -0.3 is 19.9 Å². The zero-order valence-electron chi connectivity index (χ0n) is 22.6. The van der Waals surface area contributed by atoms with E-state index in [1.807, 2.05) is 0 Å². The standard InChI is InChI=1S/C30H25F2N5O5/c1-40-24-13-21-23(14-25(24)41-2)34-15-35-29(21)42-18-9-10-19(22(32)12-18)20-4-3-11-36-27(20)26(28(33)38)30(39)37(36)17-7-5-16(31)6-8-17/h5-10,12-15,20H,3-4,11H2,1-2H3,(H2,33,38). The molecule has 214 valence electrons. The van der Waals surface area contributed by atoms with Crippen LogP contribution in [0.25, 0.3) is 16.6 Å². The van der Waals surface area contributed by atoms with Crippen molar-refractivity contribution in [3.63, 3.8) is 0 Å². The molecule has 0 aliphatic carbocycles. The summed E-state index contributed by atoms with van der Waals surface area (Å²) in [6.45, 7) is 0.392. The van der Waals surface area contributed by atoms with E-state index in [-0.39, 0.29) is 22.8 Å². The van der Waals surface area contributed by atoms with Gasteiger partial charge in [-0.3, -0.25) is 14.3 Å². The molecular weight excluding hydrogens is 548 g/mol. The normalized spacial score (nSPS) is 14.4. The molecule has 1 unspecified atom stereocenters. The van der Waals surface area contributed by atoms with Gasteiger partial charge in [-0.1, -0.05) is 6.07 Å². The van der Waals surface area contributed by atoms with Crippen LogP contribution in [0.2, 0.25) is 0 Å². The minimum Gasteiger partial charge on any atom is -0.493 e. The highest BCUT2D eigenvalue weighted by molar-refractivity contribution is 5.94. The van der Waals surface area contributed by atoms with Crippen LogP contribution in [-0.2, 0) is 6.54 Å². The summed E-state index contributed by atoms with van der Waals surface area (Å²) in [5, 5.41) is 0.532. The Balaban J connectivity index is 1.39. The van der Waals surface area contributed by atoms with Gasteiger partial charge >= 0.3 is 0 Å². The SMILES string of the molecule is COc1cc2ncnc(Oc3ccc(C4CCCn5c4c(C(N)=O)c(=O)n5-c4ccc(F)cc4)c(F)c3)c2cc1OC. The largest absolute Gasteiger partial charge is 0.493 e. The van der Waals surface area contributed by atoms with Crippen molar-refractivity contribution in [2.75, 3.05) is 14.2 Å². The number of benzene rings is 3. The number of fused-ring (bicyclic) bond motifs is 2. The van der Waals surface area contributed by atoms with Crippen molar-refractivity contribution in [3.8, 4) is 28.8 Å². The Morgan fingerprint density at radius 3 is 2.43 bits per heavy atom. The van der Waals surface area contributed by atoms with Gasteiger partial charge in [0.05, 0.1) is 36.5 Å². The van der Waals surface area contributed by atoms with Crippen LogP contribution >= 0.6 is 0 Å². The maximum Gasteiger partial charge on any atom is 0.284 e. The summed E-state index contributed by atoms with van der Waals surface area (Å²) in [6.07, 6.45) is 2.40. The van der Waals surface area contributed by atoms with Crippen LogP contribution in [0.3, 0.4) is 0 Å². The second kappa shape index (κ2) is 10.6. The molecular formula is C30H25F2N5O5. The van der Waals surface area contributed by atoms with Crippen LogP contribution in [0, 0.1) is 11.6 Å². The highest BCUT2D eigenvalue weighted by Gasteiger charge is 2.34. The first-order valence-corrected chi connectivity index (χ1v) is 13.1. The number of hydrogen-bond donors (Lipinski definition) is 1. The number of nitrogens with zero attached hydrogens (tertiary/aromatic N) is 4. The zero-order chi connectivity index (χ0) is 29.5. The maximum atomic E-state index is 15.8. The number of ether oxygens (including phenoxy) is 3. The van der Waals surface area contributed by atoms with Gasteiger partial charge in [0.1, 0.15) is 29.3 Å². The number of amides is 1. The Bertz CT molecular complexity index is 1900. The minimum atomic E-state index is -0.917. The van der Waals surface area contributed by atoms with Gasteiger partial charge in [0.15, 0.2) is 11.5 Å². The fourth-order valence-electron chi connectivity index (χ4n) is 5.50. The third-order valence-corrected chi connectivity index (χ3v) is 7.36. The summed E-state index contributed by atoms with van der Waals surface area (Å²) in [5.74, 6) is -1.32. The molecule has 3 heterocycles. The number of hydrogen-bond acceptors (Lipinski definition) is 7. The Labute approximate surface area is 237 Å². The maximum absolute atomic E-state index is 15.8. The van der Waals surface area contributed by atoms with Crippen molar-refractivity contribution >= 4 is 16.8 Å². The predicted octanol–water partition coefficient (Wildman–Crippen LogP) is 4.69. The number of nitrogens with two attached hydrogens (primary N) is 1. The third kappa shape index (κ3) is 4.50. The smallest absolute Gasteiger partial charge is 0.284 e. The first-order valence-electron chi connectivity index (χ1n) is 13.1. The van der Waals surface area contributed by atoms with Crippen LogP contribution in [0.4, 0.5) is 8.78 Å². The molecule has 0 radical (unpaired) electrons. The molecule has 2 N–H and O–H groups in total. The number of rotatable bonds is 7. The van der Waals surface area contributed by atoms with Crippen LogP contribution in [0.15, 0.2) is 65.7 Å². The Kier molecular flexibility index (Phi) is 6.81. The fraction of sp³-hybridized carbons (Fsp3) is 0.200. The van der Waals surface area contributed by atoms with Gasteiger partial charge in [-0.2, -0.15) is 0 Å². The molecule has 3 aromatic carbocycles. The van der Waals surface area contributed by atoms with Crippen LogP contribution in [0.5, 0.6) is 23.1 Å². The first-order chi connectivity index (χ1) is 20.3. The van der Waals surface area contributed by atoms with Crippen molar-refractivity contribution in [1.82, 2.24) is 19.3 Å². The van der Waals surface area contributed by atoms with Crippen LogP contribution in [-0.4, -0.2) is 39.5 Å². The lowest BCUT2D eigenvalue weighted by Gasteiger charge is -2.27. The van der Waals surface area contributed by atoms with Crippen molar-refractivity contribution in [3.05, 3.63) is 99.7 Å².